The van der Waals surface area contributed by atoms with E-state index in [-0.39, 0.29) is 0 Å². The lowest BCUT2D eigenvalue weighted by Crippen LogP contribution is -2.38. The summed E-state index contributed by atoms with van der Waals surface area (Å²) >= 11 is 0. The fraction of sp³-hybridized carbons (Fsp3) is 0.435. The molecule has 0 aliphatic carbocycles. The first-order valence-corrected chi connectivity index (χ1v) is 10.9. The van der Waals surface area contributed by atoms with E-state index in [4.69, 9.17) is 25.4 Å². The molecule has 1 aliphatic rings. The van der Waals surface area contributed by atoms with Crippen LogP contribution in [-0.2, 0) is 6.54 Å². The summed E-state index contributed by atoms with van der Waals surface area (Å²) < 4.78 is 17.2. The minimum absolute atomic E-state index is 0.325. The molecule has 2 heterocycles. The molecule has 1 saturated heterocycles. The third-order valence-electron chi connectivity index (χ3n) is 5.50. The molecule has 4 rings (SSSR count). The van der Waals surface area contributed by atoms with Crippen molar-refractivity contribution >= 4 is 28.5 Å². The van der Waals surface area contributed by atoms with Crippen LogP contribution in [0.3, 0.4) is 0 Å². The maximum atomic E-state index is 6.19. The van der Waals surface area contributed by atoms with E-state index in [2.05, 4.69) is 15.2 Å². The first kappa shape index (κ1) is 21.1. The molecule has 0 amide bonds. The summed E-state index contributed by atoms with van der Waals surface area (Å²) in [5.74, 6) is 1.38. The number of hydrogen-bond donors (Lipinski definition) is 3. The van der Waals surface area contributed by atoms with Crippen molar-refractivity contribution in [1.82, 2.24) is 9.88 Å². The number of anilines is 3. The van der Waals surface area contributed by atoms with Crippen LogP contribution in [0.1, 0.15) is 32.3 Å². The lowest BCUT2D eigenvalue weighted by molar-refractivity contribution is 0.209. The first-order valence-electron chi connectivity index (χ1n) is 10.9. The van der Waals surface area contributed by atoms with Gasteiger partial charge in [-0.05, 0) is 62.6 Å². The predicted octanol–water partition coefficient (Wildman–Crippen LogP) is 3.87. The van der Waals surface area contributed by atoms with Gasteiger partial charge in [0.1, 0.15) is 22.7 Å². The van der Waals surface area contributed by atoms with Gasteiger partial charge >= 0.3 is 0 Å². The molecule has 31 heavy (non-hydrogen) atoms. The molecule has 0 radical (unpaired) electrons. The van der Waals surface area contributed by atoms with Crippen molar-refractivity contribution < 1.29 is 13.9 Å². The van der Waals surface area contributed by atoms with Gasteiger partial charge in [-0.2, -0.15) is 4.98 Å². The van der Waals surface area contributed by atoms with Gasteiger partial charge in [0.25, 0.3) is 6.01 Å². The fourth-order valence-electron chi connectivity index (χ4n) is 3.97. The normalized spacial score (nSPS) is 15.3. The van der Waals surface area contributed by atoms with Crippen LogP contribution in [0.15, 0.2) is 34.7 Å². The third-order valence-corrected chi connectivity index (χ3v) is 5.50. The number of oxazole rings is 1. The molecule has 2 aromatic carbocycles. The molecule has 5 N–H and O–H groups in total. The van der Waals surface area contributed by atoms with Gasteiger partial charge in [-0.15, -0.1) is 0 Å². The van der Waals surface area contributed by atoms with Crippen molar-refractivity contribution in [3.63, 3.8) is 0 Å². The largest absolute Gasteiger partial charge is 0.492 e. The van der Waals surface area contributed by atoms with Crippen molar-refractivity contribution in [3.8, 4) is 11.5 Å². The molecule has 0 bridgehead atoms. The number of nitrogen functional groups attached to an aromatic ring is 2. The minimum Gasteiger partial charge on any atom is -0.492 e. The van der Waals surface area contributed by atoms with E-state index in [1.165, 1.54) is 0 Å². The summed E-state index contributed by atoms with van der Waals surface area (Å²) in [5.41, 5.74) is 15.9. The molecule has 8 nitrogen and oxygen atoms in total. The van der Waals surface area contributed by atoms with Gasteiger partial charge in [0.05, 0.1) is 13.2 Å². The summed E-state index contributed by atoms with van der Waals surface area (Å²) in [6, 6.07) is 10.4. The summed E-state index contributed by atoms with van der Waals surface area (Å²) in [5, 5.41) is 3.43. The Balaban J connectivity index is 1.36. The number of likely N-dealkylation sites (tertiary alicyclic amines) is 1. The van der Waals surface area contributed by atoms with E-state index in [9.17, 15) is 0 Å². The van der Waals surface area contributed by atoms with Crippen LogP contribution in [-0.4, -0.2) is 42.2 Å². The molecular formula is C23H31N5O3. The number of nitrogens with two attached hydrogens (primary N) is 2. The number of ether oxygens (including phenoxy) is 2. The van der Waals surface area contributed by atoms with Gasteiger partial charge in [0.2, 0.25) is 0 Å². The maximum Gasteiger partial charge on any atom is 0.295 e. The zero-order valence-electron chi connectivity index (χ0n) is 18.2. The van der Waals surface area contributed by atoms with Crippen LogP contribution in [0.25, 0.3) is 11.1 Å². The zero-order valence-corrected chi connectivity index (χ0v) is 18.2. The second-order valence-electron chi connectivity index (χ2n) is 7.81. The molecule has 0 unspecified atom stereocenters. The SMILES string of the molecule is CCOc1cc(CN2CCC(Nc3nc4cc(N)ccc4o3)CC2)cc(OCC)c1N. The summed E-state index contributed by atoms with van der Waals surface area (Å²) in [4.78, 5) is 6.94. The quantitative estimate of drug-likeness (QED) is 0.466. The number of fused-ring (bicyclic) bond motifs is 1. The molecule has 0 atom stereocenters. The Labute approximate surface area is 182 Å². The van der Waals surface area contributed by atoms with E-state index in [1.807, 2.05) is 44.2 Å². The van der Waals surface area contributed by atoms with Crippen molar-refractivity contribution in [2.45, 2.75) is 39.3 Å². The average molecular weight is 426 g/mol. The third kappa shape index (κ3) is 4.96. The van der Waals surface area contributed by atoms with Crippen molar-refractivity contribution in [3.05, 3.63) is 35.9 Å². The van der Waals surface area contributed by atoms with Crippen molar-refractivity contribution in [2.75, 3.05) is 43.1 Å². The van der Waals surface area contributed by atoms with Crippen molar-refractivity contribution in [2.24, 2.45) is 0 Å². The van der Waals surface area contributed by atoms with E-state index in [1.54, 1.807) is 0 Å². The van der Waals surface area contributed by atoms with Crippen LogP contribution in [0.2, 0.25) is 0 Å². The Kier molecular flexibility index (Phi) is 6.36. The number of aromatic nitrogens is 1. The zero-order chi connectivity index (χ0) is 21.8. The highest BCUT2D eigenvalue weighted by atomic mass is 16.5. The van der Waals surface area contributed by atoms with Crippen LogP contribution < -0.4 is 26.3 Å². The van der Waals surface area contributed by atoms with Gasteiger partial charge in [-0.25, -0.2) is 0 Å². The molecule has 8 heteroatoms. The van der Waals surface area contributed by atoms with E-state index in [0.717, 1.165) is 49.1 Å². The second kappa shape index (κ2) is 9.34. The van der Waals surface area contributed by atoms with Crippen LogP contribution >= 0.6 is 0 Å². The van der Waals surface area contributed by atoms with Crippen LogP contribution in [0.4, 0.5) is 17.4 Å². The lowest BCUT2D eigenvalue weighted by Gasteiger charge is -2.32. The highest BCUT2D eigenvalue weighted by Crippen LogP contribution is 2.34. The smallest absolute Gasteiger partial charge is 0.295 e. The Bertz CT molecular complexity index is 1000. The van der Waals surface area contributed by atoms with E-state index in [0.29, 0.717) is 48.1 Å². The molecule has 1 aliphatic heterocycles. The number of benzene rings is 2. The first-order chi connectivity index (χ1) is 15.1. The lowest BCUT2D eigenvalue weighted by atomic mass is 10.0. The number of nitrogens with zero attached hydrogens (tertiary/aromatic N) is 2. The van der Waals surface area contributed by atoms with Crippen LogP contribution in [0.5, 0.6) is 11.5 Å². The summed E-state index contributed by atoms with van der Waals surface area (Å²) in [6.07, 6.45) is 2.01. The predicted molar refractivity (Wildman–Crippen MR) is 124 cm³/mol. The standard InChI is InChI=1S/C23H31N5O3/c1-3-29-20-11-15(12-21(22(20)25)30-4-2)14-28-9-7-17(8-10-28)26-23-27-18-13-16(24)5-6-19(18)31-23/h5-6,11-13,17H,3-4,7-10,14,24-25H2,1-2H3,(H,26,27). The Hall–Kier alpha value is -3.13. The highest BCUT2D eigenvalue weighted by molar-refractivity contribution is 5.78. The molecule has 1 fully saturated rings. The summed E-state index contributed by atoms with van der Waals surface area (Å²) in [6.45, 7) is 7.82. The molecule has 1 aromatic heterocycles. The van der Waals surface area contributed by atoms with Crippen molar-refractivity contribution in [1.29, 1.82) is 0 Å². The number of piperidine rings is 1. The number of rotatable bonds is 8. The fourth-order valence-corrected chi connectivity index (χ4v) is 3.97. The van der Waals surface area contributed by atoms with E-state index < -0.39 is 0 Å². The second-order valence-corrected chi connectivity index (χ2v) is 7.81. The minimum atomic E-state index is 0.325. The Morgan fingerprint density at radius 1 is 1.06 bits per heavy atom. The molecule has 0 spiro atoms. The molecule has 3 aromatic rings. The molecular weight excluding hydrogens is 394 g/mol. The average Bonchev–Trinajstić information content (AvgIpc) is 3.14. The van der Waals surface area contributed by atoms with Gasteiger partial charge in [-0.3, -0.25) is 4.90 Å². The highest BCUT2D eigenvalue weighted by Gasteiger charge is 2.22. The van der Waals surface area contributed by atoms with Gasteiger partial charge in [-0.1, -0.05) is 0 Å². The monoisotopic (exact) mass is 425 g/mol. The van der Waals surface area contributed by atoms with Gasteiger partial charge in [0, 0.05) is 31.4 Å². The number of nitrogens with one attached hydrogen (secondary N) is 1. The Morgan fingerprint density at radius 3 is 2.39 bits per heavy atom. The van der Waals surface area contributed by atoms with Gasteiger partial charge < -0.3 is 30.7 Å². The topological polar surface area (TPSA) is 112 Å². The summed E-state index contributed by atoms with van der Waals surface area (Å²) in [7, 11) is 0. The van der Waals surface area contributed by atoms with E-state index >= 15 is 0 Å². The molecule has 166 valence electrons. The van der Waals surface area contributed by atoms with Crippen LogP contribution in [0, 0.1) is 0 Å². The van der Waals surface area contributed by atoms with Gasteiger partial charge in [0.15, 0.2) is 5.58 Å². The number of hydrogen-bond acceptors (Lipinski definition) is 8. The maximum absolute atomic E-state index is 6.19. The Morgan fingerprint density at radius 2 is 1.74 bits per heavy atom. The molecule has 0 saturated carbocycles.